The maximum absolute atomic E-state index is 13.5. The highest BCUT2D eigenvalue weighted by molar-refractivity contribution is 6.30. The Hall–Kier alpha value is -3.18. The third-order valence-corrected chi connectivity index (χ3v) is 5.25. The molecule has 1 unspecified atom stereocenters. The van der Waals surface area contributed by atoms with Crippen LogP contribution in [0, 0.1) is 0 Å². The number of nitrogens with zero attached hydrogens (tertiary/aromatic N) is 2. The molecule has 2 aromatic carbocycles. The molecule has 140 valence electrons. The van der Waals surface area contributed by atoms with E-state index in [2.05, 4.69) is 5.32 Å². The predicted octanol–water partition coefficient (Wildman–Crippen LogP) is 3.53. The van der Waals surface area contributed by atoms with Gasteiger partial charge in [-0.2, -0.15) is 4.57 Å². The highest BCUT2D eigenvalue weighted by atomic mass is 35.5. The van der Waals surface area contributed by atoms with Crippen LogP contribution in [0.25, 0.3) is 0 Å². The molecule has 3 aromatic rings. The molecule has 4 rings (SSSR count). The van der Waals surface area contributed by atoms with Crippen molar-refractivity contribution in [3.8, 4) is 0 Å². The number of benzene rings is 2. The van der Waals surface area contributed by atoms with Crippen LogP contribution in [0.3, 0.4) is 0 Å². The zero-order valence-electron chi connectivity index (χ0n) is 15.3. The molecule has 0 bridgehead atoms. The molecular weight excluding hydrogens is 374 g/mol. The first-order valence-corrected chi connectivity index (χ1v) is 9.32. The first-order valence-electron chi connectivity index (χ1n) is 8.94. The number of carbonyl (C=O) groups is 2. The average molecular weight is 393 g/mol. The molecule has 2 amide bonds. The second-order valence-corrected chi connectivity index (χ2v) is 7.25. The van der Waals surface area contributed by atoms with Gasteiger partial charge in [-0.15, -0.1) is 0 Å². The van der Waals surface area contributed by atoms with E-state index in [1.165, 1.54) is 0 Å². The summed E-state index contributed by atoms with van der Waals surface area (Å²) in [6.07, 6.45) is 1.82. The van der Waals surface area contributed by atoms with Crippen LogP contribution in [0.4, 0.5) is 11.4 Å². The zero-order chi connectivity index (χ0) is 19.7. The number of hydrogen-bond donors (Lipinski definition) is 1. The van der Waals surface area contributed by atoms with Crippen molar-refractivity contribution >= 4 is 34.8 Å². The molecule has 0 aliphatic carbocycles. The van der Waals surface area contributed by atoms with Crippen molar-refractivity contribution in [1.29, 1.82) is 0 Å². The first-order chi connectivity index (χ1) is 13.5. The molecule has 0 radical (unpaired) electrons. The zero-order valence-corrected chi connectivity index (χ0v) is 16.1. The first kappa shape index (κ1) is 18.2. The van der Waals surface area contributed by atoms with E-state index in [0.717, 1.165) is 5.69 Å². The number of pyridine rings is 1. The molecular formula is C22H19ClN3O2+. The van der Waals surface area contributed by atoms with Crippen LogP contribution in [0.15, 0.2) is 79.0 Å². The quantitative estimate of drug-likeness (QED) is 0.693. The summed E-state index contributed by atoms with van der Waals surface area (Å²) in [6, 6.07) is 21.8. The Balaban J connectivity index is 1.83. The van der Waals surface area contributed by atoms with Crippen LogP contribution in [0.5, 0.6) is 0 Å². The van der Waals surface area contributed by atoms with Crippen LogP contribution in [0.1, 0.15) is 12.6 Å². The molecule has 1 aliphatic heterocycles. The van der Waals surface area contributed by atoms with Crippen molar-refractivity contribution in [3.63, 3.8) is 0 Å². The second kappa shape index (κ2) is 7.09. The summed E-state index contributed by atoms with van der Waals surface area (Å²) in [5.74, 6) is -0.449. The van der Waals surface area contributed by atoms with Gasteiger partial charge in [-0.25, -0.2) is 0 Å². The van der Waals surface area contributed by atoms with E-state index in [-0.39, 0.29) is 18.4 Å². The van der Waals surface area contributed by atoms with E-state index >= 15 is 0 Å². The van der Waals surface area contributed by atoms with Gasteiger partial charge in [-0.05, 0) is 43.3 Å². The van der Waals surface area contributed by atoms with Crippen molar-refractivity contribution in [2.24, 2.45) is 0 Å². The minimum atomic E-state index is -1.22. The van der Waals surface area contributed by atoms with Crippen molar-refractivity contribution in [2.75, 3.05) is 10.2 Å². The molecule has 1 N–H and O–H groups in total. The van der Waals surface area contributed by atoms with Crippen molar-refractivity contribution in [3.05, 3.63) is 89.7 Å². The number of aromatic nitrogens is 1. The number of carbonyl (C=O) groups excluding carboxylic acids is 2. The molecule has 5 nitrogen and oxygen atoms in total. The lowest BCUT2D eigenvalue weighted by Crippen LogP contribution is -2.67. The number of halogens is 1. The monoisotopic (exact) mass is 392 g/mol. The number of para-hydroxylation sites is 1. The Labute approximate surface area is 168 Å². The highest BCUT2D eigenvalue weighted by Crippen LogP contribution is 2.35. The molecule has 0 spiro atoms. The lowest BCUT2D eigenvalue weighted by molar-refractivity contribution is -0.697. The minimum Gasteiger partial charge on any atom is -0.324 e. The van der Waals surface area contributed by atoms with E-state index in [9.17, 15) is 9.59 Å². The maximum atomic E-state index is 13.5. The van der Waals surface area contributed by atoms with Crippen LogP contribution >= 0.6 is 11.6 Å². The van der Waals surface area contributed by atoms with Gasteiger partial charge in [0.05, 0.1) is 0 Å². The molecule has 6 heteroatoms. The standard InChI is InChI=1S/C22H18ClN3O2/c1-22(21(28)24-17-12-10-16(23)11-13-17)19-9-5-6-14-25(19)15-20(27)26(22)18-7-3-2-4-8-18/h2-14H,15H2,1H3/p+1. The van der Waals surface area contributed by atoms with Gasteiger partial charge in [0, 0.05) is 28.5 Å². The Morgan fingerprint density at radius 3 is 2.43 bits per heavy atom. The molecule has 1 aliphatic rings. The Kier molecular flexibility index (Phi) is 4.61. The molecule has 28 heavy (non-hydrogen) atoms. The molecule has 2 heterocycles. The van der Waals surface area contributed by atoms with Crippen molar-refractivity contribution in [2.45, 2.75) is 19.0 Å². The minimum absolute atomic E-state index is 0.149. The molecule has 1 aromatic heterocycles. The number of anilines is 2. The average Bonchev–Trinajstić information content (AvgIpc) is 2.70. The summed E-state index contributed by atoms with van der Waals surface area (Å²) in [4.78, 5) is 28.2. The fourth-order valence-electron chi connectivity index (χ4n) is 3.62. The third kappa shape index (κ3) is 3.04. The summed E-state index contributed by atoms with van der Waals surface area (Å²) in [5.41, 5.74) is 0.808. The largest absolute Gasteiger partial charge is 0.324 e. The van der Waals surface area contributed by atoms with Gasteiger partial charge in [0.15, 0.2) is 6.20 Å². The lowest BCUT2D eigenvalue weighted by Gasteiger charge is -2.40. The third-order valence-electron chi connectivity index (χ3n) is 5.00. The van der Waals surface area contributed by atoms with Gasteiger partial charge >= 0.3 is 0 Å². The summed E-state index contributed by atoms with van der Waals surface area (Å²) in [6.45, 7) is 1.95. The Bertz CT molecular complexity index is 1040. The van der Waals surface area contributed by atoms with Gasteiger partial charge in [0.25, 0.3) is 11.8 Å². The van der Waals surface area contributed by atoms with Gasteiger partial charge in [-0.1, -0.05) is 35.9 Å². The van der Waals surface area contributed by atoms with E-state index in [1.54, 1.807) is 36.1 Å². The van der Waals surface area contributed by atoms with Gasteiger partial charge < -0.3 is 5.32 Å². The highest BCUT2D eigenvalue weighted by Gasteiger charge is 2.54. The topological polar surface area (TPSA) is 53.3 Å². The Morgan fingerprint density at radius 1 is 1.04 bits per heavy atom. The predicted molar refractivity (Wildman–Crippen MR) is 108 cm³/mol. The van der Waals surface area contributed by atoms with Gasteiger partial charge in [0.1, 0.15) is 0 Å². The molecule has 0 fully saturated rings. The number of fused-ring (bicyclic) bond motifs is 1. The van der Waals surface area contributed by atoms with Crippen LogP contribution in [-0.2, 0) is 21.7 Å². The number of rotatable bonds is 3. The molecule has 1 atom stereocenters. The van der Waals surface area contributed by atoms with E-state index in [0.29, 0.717) is 16.4 Å². The summed E-state index contributed by atoms with van der Waals surface area (Å²) < 4.78 is 1.82. The SMILES string of the molecule is CC1(C(=O)Nc2ccc(Cl)cc2)c2cccc[n+]2CC(=O)N1c1ccccc1. The van der Waals surface area contributed by atoms with Gasteiger partial charge in [-0.3, -0.25) is 14.5 Å². The molecule has 0 saturated heterocycles. The van der Waals surface area contributed by atoms with Crippen molar-refractivity contribution < 1.29 is 14.2 Å². The van der Waals surface area contributed by atoms with E-state index in [1.807, 2.05) is 59.3 Å². The molecule has 0 saturated carbocycles. The van der Waals surface area contributed by atoms with E-state index in [4.69, 9.17) is 11.6 Å². The fraction of sp³-hybridized carbons (Fsp3) is 0.136. The van der Waals surface area contributed by atoms with Crippen molar-refractivity contribution in [1.82, 2.24) is 0 Å². The number of hydrogen-bond acceptors (Lipinski definition) is 2. The Morgan fingerprint density at radius 2 is 1.71 bits per heavy atom. The van der Waals surface area contributed by atoms with Gasteiger partial charge in [0.2, 0.25) is 17.8 Å². The van der Waals surface area contributed by atoms with E-state index < -0.39 is 5.54 Å². The summed E-state index contributed by atoms with van der Waals surface area (Å²) in [5, 5.41) is 3.52. The smallest absolute Gasteiger partial charge is 0.294 e. The maximum Gasteiger partial charge on any atom is 0.294 e. The fourth-order valence-corrected chi connectivity index (χ4v) is 3.75. The van der Waals surface area contributed by atoms with Crippen LogP contribution < -0.4 is 14.8 Å². The second-order valence-electron chi connectivity index (χ2n) is 6.81. The number of amides is 2. The lowest BCUT2D eigenvalue weighted by atomic mass is 9.89. The van der Waals surface area contributed by atoms with Crippen LogP contribution in [-0.4, -0.2) is 11.8 Å². The number of nitrogens with one attached hydrogen (secondary N) is 1. The normalized spacial score (nSPS) is 18.5. The summed E-state index contributed by atoms with van der Waals surface area (Å²) >= 11 is 5.94. The summed E-state index contributed by atoms with van der Waals surface area (Å²) in [7, 11) is 0. The van der Waals surface area contributed by atoms with Crippen LogP contribution in [0.2, 0.25) is 5.02 Å².